The first kappa shape index (κ1) is 26.8. The molecule has 2 nitrogen and oxygen atoms in total. The Balaban J connectivity index is 1.25. The highest BCUT2D eigenvalue weighted by Gasteiger charge is 2.25. The summed E-state index contributed by atoms with van der Waals surface area (Å²) in [5, 5.41) is 5.17. The highest BCUT2D eigenvalue weighted by Crippen LogP contribution is 2.50. The van der Waals surface area contributed by atoms with Crippen molar-refractivity contribution in [2.75, 3.05) is 4.90 Å². The van der Waals surface area contributed by atoms with Crippen LogP contribution in [0.25, 0.3) is 71.6 Å². The lowest BCUT2D eigenvalue weighted by atomic mass is 9.91. The number of anilines is 3. The van der Waals surface area contributed by atoms with Gasteiger partial charge in [0.05, 0.1) is 11.0 Å². The Morgan fingerprint density at radius 3 is 1.44 bits per heavy atom. The van der Waals surface area contributed by atoms with E-state index in [-0.39, 0.29) is 0 Å². The summed E-state index contributed by atoms with van der Waals surface area (Å²) in [4.78, 5) is 2.31. The first-order chi connectivity index (χ1) is 23.8. The summed E-state index contributed by atoms with van der Waals surface area (Å²) in [5.74, 6) is 0. The Kier molecular flexibility index (Phi) is 5.91. The highest BCUT2D eigenvalue weighted by molar-refractivity contribution is 6.28. The second-order valence-electron chi connectivity index (χ2n) is 12.5. The zero-order chi connectivity index (χ0) is 31.6. The third kappa shape index (κ3) is 3.93. The molecule has 2 heteroatoms. The summed E-state index contributed by atoms with van der Waals surface area (Å²) in [7, 11) is 0. The van der Waals surface area contributed by atoms with Crippen LogP contribution >= 0.6 is 0 Å². The molecule has 0 saturated carbocycles. The molecule has 8 aromatic carbocycles. The molecule has 0 fully saturated rings. The quantitative estimate of drug-likeness (QED) is 0.192. The van der Waals surface area contributed by atoms with Crippen LogP contribution < -0.4 is 4.90 Å². The number of rotatable bonds is 4. The molecule has 0 bridgehead atoms. The van der Waals surface area contributed by atoms with Crippen molar-refractivity contribution in [2.24, 2.45) is 0 Å². The summed E-state index contributed by atoms with van der Waals surface area (Å²) < 4.78 is 2.45. The predicted molar refractivity (Wildman–Crippen MR) is 203 cm³/mol. The van der Waals surface area contributed by atoms with E-state index in [1.807, 2.05) is 0 Å². The molecule has 0 atom stereocenters. The Bertz CT molecular complexity index is 2610. The lowest BCUT2D eigenvalue weighted by Gasteiger charge is -2.25. The Morgan fingerprint density at radius 1 is 0.312 bits per heavy atom. The smallest absolute Gasteiger partial charge is 0.0553 e. The summed E-state index contributed by atoms with van der Waals surface area (Å²) in [5.41, 5.74) is 14.6. The van der Waals surface area contributed by atoms with Gasteiger partial charge in [0.25, 0.3) is 0 Å². The van der Waals surface area contributed by atoms with E-state index in [1.54, 1.807) is 0 Å². The van der Waals surface area contributed by atoms with Crippen LogP contribution in [0.1, 0.15) is 0 Å². The molecule has 48 heavy (non-hydrogen) atoms. The molecule has 0 unspecified atom stereocenters. The van der Waals surface area contributed by atoms with Gasteiger partial charge in [-0.1, -0.05) is 121 Å². The summed E-state index contributed by atoms with van der Waals surface area (Å²) >= 11 is 0. The number of fused-ring (bicyclic) bond motifs is 9. The summed E-state index contributed by atoms with van der Waals surface area (Å²) in [6.45, 7) is 0. The Hall–Kier alpha value is -6.38. The van der Waals surface area contributed by atoms with Gasteiger partial charge in [-0.2, -0.15) is 0 Å². The summed E-state index contributed by atoms with van der Waals surface area (Å²) in [6, 6.07) is 66.1. The first-order valence-corrected chi connectivity index (χ1v) is 16.5. The number of nitrogens with zero attached hydrogens (tertiary/aromatic N) is 2. The number of benzene rings is 8. The fraction of sp³-hybridized carbons (Fsp3) is 0. The predicted octanol–water partition coefficient (Wildman–Crippen LogP) is 12.7. The minimum absolute atomic E-state index is 1.12. The van der Waals surface area contributed by atoms with Crippen LogP contribution in [0.3, 0.4) is 0 Å². The molecule has 0 spiro atoms. The van der Waals surface area contributed by atoms with Gasteiger partial charge in [0.2, 0.25) is 0 Å². The van der Waals surface area contributed by atoms with Crippen molar-refractivity contribution in [3.63, 3.8) is 0 Å². The number of aromatic nitrogens is 1. The Labute approximate surface area is 279 Å². The molecule has 224 valence electrons. The third-order valence-electron chi connectivity index (χ3n) is 9.92. The van der Waals surface area contributed by atoms with Gasteiger partial charge in [-0.15, -0.1) is 0 Å². The van der Waals surface area contributed by atoms with Crippen molar-refractivity contribution < 1.29 is 0 Å². The largest absolute Gasteiger partial charge is 0.311 e. The fourth-order valence-electron chi connectivity index (χ4n) is 7.91. The van der Waals surface area contributed by atoms with Crippen LogP contribution in [-0.4, -0.2) is 4.57 Å². The summed E-state index contributed by atoms with van der Waals surface area (Å²) in [6.07, 6.45) is 0. The molecule has 0 amide bonds. The van der Waals surface area contributed by atoms with Gasteiger partial charge >= 0.3 is 0 Å². The molecule has 0 radical (unpaired) electrons. The van der Waals surface area contributed by atoms with Gasteiger partial charge < -0.3 is 9.47 Å². The van der Waals surface area contributed by atoms with Crippen molar-refractivity contribution in [1.82, 2.24) is 4.57 Å². The van der Waals surface area contributed by atoms with Gasteiger partial charge in [0, 0.05) is 33.5 Å². The Morgan fingerprint density at radius 2 is 0.792 bits per heavy atom. The van der Waals surface area contributed by atoms with Crippen molar-refractivity contribution >= 4 is 49.6 Å². The second kappa shape index (κ2) is 10.6. The molecule has 0 N–H and O–H groups in total. The molecule has 10 rings (SSSR count). The maximum Gasteiger partial charge on any atom is 0.0553 e. The SMILES string of the molecule is c1ccc(N(c2ccccc2)c2ccc(-n3c4ccccc4c4c5cccc6c5c(cc43)-c3ccccc3-c3ccccc3-6)cc2)cc1. The standard InChI is InChI=1S/C46H30N2/c1-3-14-31(15-4-1)47(32-16-5-2-6-17-32)33-26-28-34(29-27-33)48-43-25-12-11-22-40(43)46-41-24-13-23-39-37-20-9-7-18-35(37)36-19-8-10-21-38(36)42(45(39)41)30-44(46)48/h1-30H. The molecule has 1 heterocycles. The molecular formula is C46H30N2. The number of hydrogen-bond acceptors (Lipinski definition) is 1. The van der Waals surface area contributed by atoms with Crippen LogP contribution in [0.2, 0.25) is 0 Å². The van der Waals surface area contributed by atoms with Crippen molar-refractivity contribution in [3.05, 3.63) is 182 Å². The van der Waals surface area contributed by atoms with E-state index in [9.17, 15) is 0 Å². The average Bonchev–Trinajstić information content (AvgIpc) is 3.44. The zero-order valence-corrected chi connectivity index (χ0v) is 26.2. The lowest BCUT2D eigenvalue weighted by molar-refractivity contribution is 1.17. The minimum atomic E-state index is 1.12. The van der Waals surface area contributed by atoms with Gasteiger partial charge in [-0.3, -0.25) is 0 Å². The first-order valence-electron chi connectivity index (χ1n) is 16.5. The van der Waals surface area contributed by atoms with Gasteiger partial charge in [0.1, 0.15) is 0 Å². The molecule has 0 aliphatic heterocycles. The number of para-hydroxylation sites is 3. The normalized spacial score (nSPS) is 11.8. The van der Waals surface area contributed by atoms with Gasteiger partial charge in [-0.05, 0) is 105 Å². The zero-order valence-electron chi connectivity index (χ0n) is 26.2. The molecule has 1 aliphatic carbocycles. The van der Waals surface area contributed by atoms with Crippen LogP contribution in [-0.2, 0) is 0 Å². The monoisotopic (exact) mass is 610 g/mol. The van der Waals surface area contributed by atoms with E-state index in [0.717, 1.165) is 22.7 Å². The maximum atomic E-state index is 2.45. The van der Waals surface area contributed by atoms with E-state index in [1.165, 1.54) is 66.0 Å². The van der Waals surface area contributed by atoms with Crippen molar-refractivity contribution in [3.8, 4) is 39.1 Å². The number of hydrogen-bond donors (Lipinski definition) is 0. The van der Waals surface area contributed by atoms with Crippen LogP contribution in [0.15, 0.2) is 182 Å². The average molecular weight is 611 g/mol. The molecule has 9 aromatic rings. The van der Waals surface area contributed by atoms with E-state index in [4.69, 9.17) is 0 Å². The third-order valence-corrected chi connectivity index (χ3v) is 9.92. The van der Waals surface area contributed by atoms with Crippen LogP contribution in [0.5, 0.6) is 0 Å². The molecule has 0 saturated heterocycles. The van der Waals surface area contributed by atoms with Crippen LogP contribution in [0, 0.1) is 0 Å². The highest BCUT2D eigenvalue weighted by atomic mass is 15.1. The van der Waals surface area contributed by atoms with Crippen molar-refractivity contribution in [2.45, 2.75) is 0 Å². The second-order valence-corrected chi connectivity index (χ2v) is 12.5. The lowest BCUT2D eigenvalue weighted by Crippen LogP contribution is -2.09. The van der Waals surface area contributed by atoms with E-state index < -0.39 is 0 Å². The van der Waals surface area contributed by atoms with E-state index in [2.05, 4.69) is 191 Å². The molecule has 1 aromatic heterocycles. The maximum absolute atomic E-state index is 2.45. The van der Waals surface area contributed by atoms with Gasteiger partial charge in [0.15, 0.2) is 0 Å². The fourth-order valence-corrected chi connectivity index (χ4v) is 7.91. The van der Waals surface area contributed by atoms with Gasteiger partial charge in [-0.25, -0.2) is 0 Å². The molecule has 1 aliphatic rings. The topological polar surface area (TPSA) is 8.17 Å². The van der Waals surface area contributed by atoms with Crippen LogP contribution in [0.4, 0.5) is 17.1 Å². The van der Waals surface area contributed by atoms with E-state index >= 15 is 0 Å². The molecular weight excluding hydrogens is 581 g/mol. The van der Waals surface area contributed by atoms with Crippen molar-refractivity contribution in [1.29, 1.82) is 0 Å². The van der Waals surface area contributed by atoms with E-state index in [0.29, 0.717) is 0 Å². The minimum Gasteiger partial charge on any atom is -0.311 e.